The van der Waals surface area contributed by atoms with E-state index in [9.17, 15) is 0 Å². The van der Waals surface area contributed by atoms with Crippen molar-refractivity contribution in [1.29, 1.82) is 5.26 Å². The zero-order valence-corrected chi connectivity index (χ0v) is 10.5. The van der Waals surface area contributed by atoms with Gasteiger partial charge in [0, 0.05) is 4.47 Å². The van der Waals surface area contributed by atoms with Gasteiger partial charge in [-0.3, -0.25) is 0 Å². The van der Waals surface area contributed by atoms with E-state index in [1.54, 1.807) is 12.1 Å². The first kappa shape index (κ1) is 11.5. The quantitative estimate of drug-likeness (QED) is 0.829. The Labute approximate surface area is 108 Å². The molecule has 2 aromatic carbocycles. The maximum Gasteiger partial charge on any atom is 0.101 e. The van der Waals surface area contributed by atoms with E-state index >= 15 is 0 Å². The Balaban J connectivity index is 2.38. The molecule has 0 saturated carbocycles. The molecule has 0 aromatic heterocycles. The number of rotatable bonds is 2. The van der Waals surface area contributed by atoms with Gasteiger partial charge in [-0.25, -0.2) is 0 Å². The van der Waals surface area contributed by atoms with Crippen molar-refractivity contribution in [3.05, 3.63) is 52.5 Å². The third-order valence-electron chi connectivity index (χ3n) is 2.37. The summed E-state index contributed by atoms with van der Waals surface area (Å²) in [7, 11) is 0. The molecule has 0 spiro atoms. The predicted molar refractivity (Wildman–Crippen MR) is 73.0 cm³/mol. The molecule has 2 rings (SSSR count). The van der Waals surface area contributed by atoms with Crippen LogP contribution in [0.15, 0.2) is 46.9 Å². The number of nitrogens with zero attached hydrogens (tertiary/aromatic N) is 1. The van der Waals surface area contributed by atoms with Crippen molar-refractivity contribution in [1.82, 2.24) is 0 Å². The van der Waals surface area contributed by atoms with Gasteiger partial charge in [-0.15, -0.1) is 0 Å². The second-order valence-electron chi connectivity index (χ2n) is 3.48. The standard InChI is InChI=1S/C13H10BrN3/c14-10-5-1-2-6-11(10)17-12-7-3-4-9(8-15)13(12)16/h1-7,17H,16H2. The van der Waals surface area contributed by atoms with Gasteiger partial charge in [-0.05, 0) is 40.2 Å². The van der Waals surface area contributed by atoms with Crippen LogP contribution in [0.5, 0.6) is 0 Å². The average molecular weight is 288 g/mol. The molecule has 0 amide bonds. The molecular formula is C13H10BrN3. The molecule has 0 heterocycles. The van der Waals surface area contributed by atoms with Crippen LogP contribution in [-0.2, 0) is 0 Å². The maximum absolute atomic E-state index is 8.90. The van der Waals surface area contributed by atoms with Crippen molar-refractivity contribution in [2.24, 2.45) is 0 Å². The van der Waals surface area contributed by atoms with Crippen molar-refractivity contribution >= 4 is 33.0 Å². The molecule has 0 aliphatic heterocycles. The smallest absolute Gasteiger partial charge is 0.101 e. The number of anilines is 3. The summed E-state index contributed by atoms with van der Waals surface area (Å²) < 4.78 is 0.946. The highest BCUT2D eigenvalue weighted by atomic mass is 79.9. The summed E-state index contributed by atoms with van der Waals surface area (Å²) in [6.07, 6.45) is 0. The highest BCUT2D eigenvalue weighted by Crippen LogP contribution is 2.29. The van der Waals surface area contributed by atoms with Gasteiger partial charge in [-0.1, -0.05) is 18.2 Å². The molecule has 0 fully saturated rings. The van der Waals surface area contributed by atoms with Crippen LogP contribution in [0.3, 0.4) is 0 Å². The van der Waals surface area contributed by atoms with E-state index in [2.05, 4.69) is 27.3 Å². The molecule has 0 saturated heterocycles. The number of nitrogens with two attached hydrogens (primary N) is 1. The molecule has 3 nitrogen and oxygen atoms in total. The first-order valence-corrected chi connectivity index (χ1v) is 5.82. The molecule has 4 heteroatoms. The van der Waals surface area contributed by atoms with Crippen LogP contribution in [0.2, 0.25) is 0 Å². The zero-order chi connectivity index (χ0) is 12.3. The highest BCUT2D eigenvalue weighted by molar-refractivity contribution is 9.10. The third kappa shape index (κ3) is 2.40. The van der Waals surface area contributed by atoms with E-state index in [1.165, 1.54) is 0 Å². The molecular weight excluding hydrogens is 278 g/mol. The Morgan fingerprint density at radius 3 is 2.47 bits per heavy atom. The van der Waals surface area contributed by atoms with Gasteiger partial charge in [0.2, 0.25) is 0 Å². The highest BCUT2D eigenvalue weighted by Gasteiger charge is 2.05. The molecule has 0 unspecified atom stereocenters. The zero-order valence-electron chi connectivity index (χ0n) is 8.94. The molecule has 17 heavy (non-hydrogen) atoms. The molecule has 0 aliphatic rings. The van der Waals surface area contributed by atoms with Crippen molar-refractivity contribution in [3.63, 3.8) is 0 Å². The predicted octanol–water partition coefficient (Wildman–Crippen LogP) is 3.65. The van der Waals surface area contributed by atoms with E-state index in [0.717, 1.165) is 15.8 Å². The van der Waals surface area contributed by atoms with Gasteiger partial charge in [0.1, 0.15) is 6.07 Å². The fourth-order valence-corrected chi connectivity index (χ4v) is 1.86. The van der Waals surface area contributed by atoms with Crippen LogP contribution in [0.1, 0.15) is 5.56 Å². The molecule has 0 aliphatic carbocycles. The van der Waals surface area contributed by atoms with Crippen LogP contribution in [0, 0.1) is 11.3 Å². The van der Waals surface area contributed by atoms with Gasteiger partial charge in [0.25, 0.3) is 0 Å². The molecule has 84 valence electrons. The number of nitrogen functional groups attached to an aromatic ring is 1. The van der Waals surface area contributed by atoms with Gasteiger partial charge in [-0.2, -0.15) is 5.26 Å². The fourth-order valence-electron chi connectivity index (χ4n) is 1.48. The van der Waals surface area contributed by atoms with Crippen molar-refractivity contribution in [2.75, 3.05) is 11.1 Å². The first-order chi connectivity index (χ1) is 8.22. The number of nitriles is 1. The number of benzene rings is 2. The van der Waals surface area contributed by atoms with Gasteiger partial charge in [0.05, 0.1) is 22.6 Å². The van der Waals surface area contributed by atoms with E-state index in [4.69, 9.17) is 11.0 Å². The molecule has 3 N–H and O–H groups in total. The lowest BCUT2D eigenvalue weighted by atomic mass is 10.1. The third-order valence-corrected chi connectivity index (χ3v) is 3.06. The molecule has 0 radical (unpaired) electrons. The molecule has 0 bridgehead atoms. The normalized spacial score (nSPS) is 9.65. The summed E-state index contributed by atoms with van der Waals surface area (Å²) in [5.74, 6) is 0. The Morgan fingerprint density at radius 2 is 1.76 bits per heavy atom. The topological polar surface area (TPSA) is 61.8 Å². The summed E-state index contributed by atoms with van der Waals surface area (Å²) in [5, 5.41) is 12.1. The SMILES string of the molecule is N#Cc1cccc(Nc2ccccc2Br)c1N. The average Bonchev–Trinajstić information content (AvgIpc) is 2.34. The summed E-state index contributed by atoms with van der Waals surface area (Å²) in [5.41, 5.74) is 8.47. The van der Waals surface area contributed by atoms with Crippen molar-refractivity contribution in [3.8, 4) is 6.07 Å². The summed E-state index contributed by atoms with van der Waals surface area (Å²) in [6, 6.07) is 15.1. The largest absolute Gasteiger partial charge is 0.396 e. The number of halogens is 1. The number of hydrogen-bond donors (Lipinski definition) is 2. The Morgan fingerprint density at radius 1 is 1.06 bits per heavy atom. The van der Waals surface area contributed by atoms with Gasteiger partial charge in [0.15, 0.2) is 0 Å². The lowest BCUT2D eigenvalue weighted by Gasteiger charge is -2.11. The maximum atomic E-state index is 8.90. The monoisotopic (exact) mass is 287 g/mol. The van der Waals surface area contributed by atoms with E-state index in [0.29, 0.717) is 11.3 Å². The second-order valence-corrected chi connectivity index (χ2v) is 4.34. The van der Waals surface area contributed by atoms with E-state index in [-0.39, 0.29) is 0 Å². The second kappa shape index (κ2) is 4.89. The Kier molecular flexibility index (Phi) is 3.31. The van der Waals surface area contributed by atoms with E-state index < -0.39 is 0 Å². The number of para-hydroxylation sites is 2. The van der Waals surface area contributed by atoms with Crippen LogP contribution >= 0.6 is 15.9 Å². The lowest BCUT2D eigenvalue weighted by Crippen LogP contribution is -1.98. The van der Waals surface area contributed by atoms with Crippen LogP contribution in [-0.4, -0.2) is 0 Å². The Hall–Kier alpha value is -1.99. The minimum Gasteiger partial charge on any atom is -0.396 e. The Bertz CT molecular complexity index is 587. The van der Waals surface area contributed by atoms with Gasteiger partial charge < -0.3 is 11.1 Å². The summed E-state index contributed by atoms with van der Waals surface area (Å²) in [4.78, 5) is 0. The van der Waals surface area contributed by atoms with Gasteiger partial charge >= 0.3 is 0 Å². The van der Waals surface area contributed by atoms with Crippen LogP contribution in [0.4, 0.5) is 17.1 Å². The lowest BCUT2D eigenvalue weighted by molar-refractivity contribution is 1.46. The minimum absolute atomic E-state index is 0.464. The van der Waals surface area contributed by atoms with Crippen LogP contribution < -0.4 is 11.1 Å². The van der Waals surface area contributed by atoms with E-state index in [1.807, 2.05) is 30.3 Å². The molecule has 0 atom stereocenters. The van der Waals surface area contributed by atoms with Crippen molar-refractivity contribution in [2.45, 2.75) is 0 Å². The number of nitrogens with one attached hydrogen (secondary N) is 1. The minimum atomic E-state index is 0.464. The number of hydrogen-bond acceptors (Lipinski definition) is 3. The van der Waals surface area contributed by atoms with Crippen LogP contribution in [0.25, 0.3) is 0 Å². The van der Waals surface area contributed by atoms with Crippen molar-refractivity contribution < 1.29 is 0 Å². The summed E-state index contributed by atoms with van der Waals surface area (Å²) in [6.45, 7) is 0. The fraction of sp³-hybridized carbons (Fsp3) is 0. The summed E-state index contributed by atoms with van der Waals surface area (Å²) >= 11 is 3.45. The first-order valence-electron chi connectivity index (χ1n) is 5.02. The molecule has 2 aromatic rings.